The number of hydrogen-bond acceptors (Lipinski definition) is 5. The minimum Gasteiger partial charge on any atom is -0.378 e. The van der Waals surface area contributed by atoms with E-state index in [0.29, 0.717) is 26.3 Å². The minimum absolute atomic E-state index is 0.0940. The molecule has 0 amide bonds. The molecule has 10 nitrogen and oxygen atoms in total. The van der Waals surface area contributed by atoms with E-state index in [1.165, 1.54) is 6.07 Å². The van der Waals surface area contributed by atoms with Crippen molar-refractivity contribution in [3.63, 3.8) is 0 Å². The Labute approximate surface area is 126 Å². The second-order valence-corrected chi connectivity index (χ2v) is 4.54. The van der Waals surface area contributed by atoms with E-state index in [2.05, 4.69) is 9.98 Å². The molecule has 0 aromatic heterocycles. The van der Waals surface area contributed by atoms with E-state index in [0.717, 1.165) is 5.69 Å². The molecule has 0 radical (unpaired) electrons. The van der Waals surface area contributed by atoms with Crippen molar-refractivity contribution in [2.75, 3.05) is 31.2 Å². The monoisotopic (exact) mass is 307 g/mol. The van der Waals surface area contributed by atoms with Gasteiger partial charge in [0.05, 0.1) is 18.1 Å². The van der Waals surface area contributed by atoms with Crippen LogP contribution in [0.5, 0.6) is 0 Å². The van der Waals surface area contributed by atoms with Crippen molar-refractivity contribution < 1.29 is 9.66 Å². The van der Waals surface area contributed by atoms with Crippen molar-refractivity contribution in [3.05, 3.63) is 28.3 Å². The molecule has 6 N–H and O–H groups in total. The van der Waals surface area contributed by atoms with Crippen LogP contribution in [-0.4, -0.2) is 43.1 Å². The molecule has 1 saturated heterocycles. The summed E-state index contributed by atoms with van der Waals surface area (Å²) < 4.78 is 5.28. The van der Waals surface area contributed by atoms with Gasteiger partial charge in [-0.2, -0.15) is 4.99 Å². The fraction of sp³-hybridized carbons (Fsp3) is 0.333. The lowest BCUT2D eigenvalue weighted by atomic mass is 10.2. The van der Waals surface area contributed by atoms with Gasteiger partial charge in [0, 0.05) is 24.8 Å². The molecule has 118 valence electrons. The number of morpholine rings is 1. The summed E-state index contributed by atoms with van der Waals surface area (Å²) >= 11 is 0. The first kappa shape index (κ1) is 15.5. The first-order valence-corrected chi connectivity index (χ1v) is 6.52. The molecular formula is C12H17N7O3. The van der Waals surface area contributed by atoms with Crippen LogP contribution in [-0.2, 0) is 4.74 Å². The Morgan fingerprint density at radius 3 is 2.55 bits per heavy atom. The highest BCUT2D eigenvalue weighted by Gasteiger charge is 2.18. The predicted octanol–water partition coefficient (Wildman–Crippen LogP) is -0.349. The summed E-state index contributed by atoms with van der Waals surface area (Å²) in [6.07, 6.45) is 0. The van der Waals surface area contributed by atoms with Crippen molar-refractivity contribution in [1.82, 2.24) is 0 Å². The fourth-order valence-electron chi connectivity index (χ4n) is 2.05. The smallest absolute Gasteiger partial charge is 0.295 e. The maximum absolute atomic E-state index is 11.1. The van der Waals surface area contributed by atoms with Crippen molar-refractivity contribution in [2.24, 2.45) is 27.2 Å². The van der Waals surface area contributed by atoms with Crippen LogP contribution in [0.2, 0.25) is 0 Å². The normalized spacial score (nSPS) is 15.5. The largest absolute Gasteiger partial charge is 0.378 e. The first-order chi connectivity index (χ1) is 10.5. The van der Waals surface area contributed by atoms with Gasteiger partial charge >= 0.3 is 0 Å². The Hall–Kier alpha value is -2.88. The van der Waals surface area contributed by atoms with E-state index in [1.54, 1.807) is 12.1 Å². The van der Waals surface area contributed by atoms with Gasteiger partial charge in [0.25, 0.3) is 5.69 Å². The SMILES string of the molecule is NC(N)=NC(N)=Nc1cc(N2CCOCC2)ccc1[N+](=O)[O-]. The summed E-state index contributed by atoms with van der Waals surface area (Å²) in [6, 6.07) is 4.63. The number of nitrogens with zero attached hydrogens (tertiary/aromatic N) is 4. The van der Waals surface area contributed by atoms with Crippen LogP contribution in [0, 0.1) is 10.1 Å². The van der Waals surface area contributed by atoms with E-state index >= 15 is 0 Å². The van der Waals surface area contributed by atoms with Gasteiger partial charge in [-0.1, -0.05) is 0 Å². The third kappa shape index (κ3) is 3.82. The molecule has 0 bridgehead atoms. The van der Waals surface area contributed by atoms with Gasteiger partial charge in [0.2, 0.25) is 5.96 Å². The van der Waals surface area contributed by atoms with Crippen molar-refractivity contribution in [3.8, 4) is 0 Å². The molecule has 1 aromatic rings. The van der Waals surface area contributed by atoms with Crippen molar-refractivity contribution >= 4 is 29.0 Å². The number of nitro groups is 1. The number of nitrogens with two attached hydrogens (primary N) is 3. The van der Waals surface area contributed by atoms with Crippen molar-refractivity contribution in [1.29, 1.82) is 0 Å². The number of guanidine groups is 2. The highest BCUT2D eigenvalue weighted by Crippen LogP contribution is 2.32. The van der Waals surface area contributed by atoms with Crippen LogP contribution in [0.25, 0.3) is 0 Å². The Morgan fingerprint density at radius 1 is 1.27 bits per heavy atom. The van der Waals surface area contributed by atoms with E-state index in [1.807, 2.05) is 4.90 Å². The van der Waals surface area contributed by atoms with E-state index < -0.39 is 4.92 Å². The van der Waals surface area contributed by atoms with Gasteiger partial charge < -0.3 is 26.8 Å². The number of ether oxygens (including phenoxy) is 1. The van der Waals surface area contributed by atoms with Crippen LogP contribution in [0.1, 0.15) is 0 Å². The Balaban J connectivity index is 2.39. The minimum atomic E-state index is -0.537. The molecule has 2 rings (SSSR count). The summed E-state index contributed by atoms with van der Waals surface area (Å²) in [5.41, 5.74) is 16.7. The lowest BCUT2D eigenvalue weighted by molar-refractivity contribution is -0.384. The predicted molar refractivity (Wildman–Crippen MR) is 83.2 cm³/mol. The Bertz CT molecular complexity index is 619. The summed E-state index contributed by atoms with van der Waals surface area (Å²) in [7, 11) is 0. The average molecular weight is 307 g/mol. The van der Waals surface area contributed by atoms with Gasteiger partial charge in [0.15, 0.2) is 5.96 Å². The Morgan fingerprint density at radius 2 is 1.95 bits per heavy atom. The van der Waals surface area contributed by atoms with Crippen LogP contribution in [0.3, 0.4) is 0 Å². The van der Waals surface area contributed by atoms with Gasteiger partial charge in [-0.05, 0) is 12.1 Å². The molecule has 1 aliphatic rings. The molecule has 10 heteroatoms. The number of aliphatic imine (C=N–C) groups is 2. The first-order valence-electron chi connectivity index (χ1n) is 6.52. The highest BCUT2D eigenvalue weighted by molar-refractivity contribution is 5.94. The molecule has 1 aromatic carbocycles. The molecular weight excluding hydrogens is 290 g/mol. The molecule has 0 atom stereocenters. The van der Waals surface area contributed by atoms with Crippen molar-refractivity contribution in [2.45, 2.75) is 0 Å². The quantitative estimate of drug-likeness (QED) is 0.298. The molecule has 1 fully saturated rings. The second kappa shape index (κ2) is 6.72. The zero-order valence-corrected chi connectivity index (χ0v) is 11.8. The summed E-state index contributed by atoms with van der Waals surface area (Å²) in [5.74, 6) is -0.518. The molecule has 0 aliphatic carbocycles. The standard InChI is InChI=1S/C12H17N7O3/c13-11(14)17-12(15)16-9-7-8(1-2-10(9)19(20)21)18-3-5-22-6-4-18/h1-2,7H,3-6H2,(H6,13,14,15,16,17). The van der Waals surface area contributed by atoms with Gasteiger partial charge in [-0.3, -0.25) is 10.1 Å². The van der Waals surface area contributed by atoms with Crippen LogP contribution in [0.4, 0.5) is 17.1 Å². The molecule has 0 saturated carbocycles. The zero-order chi connectivity index (χ0) is 16.1. The highest BCUT2D eigenvalue weighted by atomic mass is 16.6. The number of nitro benzene ring substituents is 1. The summed E-state index contributed by atoms with van der Waals surface area (Å²) in [5, 5.41) is 11.1. The Kier molecular flexibility index (Phi) is 4.73. The van der Waals surface area contributed by atoms with E-state index in [4.69, 9.17) is 21.9 Å². The lowest BCUT2D eigenvalue weighted by Gasteiger charge is -2.28. The van der Waals surface area contributed by atoms with Gasteiger partial charge in [-0.15, -0.1) is 0 Å². The van der Waals surface area contributed by atoms with Crippen LogP contribution in [0.15, 0.2) is 28.2 Å². The third-order valence-electron chi connectivity index (χ3n) is 3.01. The zero-order valence-electron chi connectivity index (χ0n) is 11.8. The maximum atomic E-state index is 11.1. The third-order valence-corrected chi connectivity index (χ3v) is 3.01. The number of anilines is 1. The lowest BCUT2D eigenvalue weighted by Crippen LogP contribution is -2.36. The number of rotatable bonds is 3. The molecule has 0 spiro atoms. The number of hydrogen-bond donors (Lipinski definition) is 3. The number of benzene rings is 1. The molecule has 22 heavy (non-hydrogen) atoms. The summed E-state index contributed by atoms with van der Waals surface area (Å²) in [6.45, 7) is 2.60. The molecule has 0 unspecified atom stereocenters. The van der Waals surface area contributed by atoms with Crippen LogP contribution >= 0.6 is 0 Å². The van der Waals surface area contributed by atoms with Crippen LogP contribution < -0.4 is 22.1 Å². The van der Waals surface area contributed by atoms with E-state index in [9.17, 15) is 10.1 Å². The average Bonchev–Trinajstić information content (AvgIpc) is 2.47. The maximum Gasteiger partial charge on any atom is 0.295 e. The second-order valence-electron chi connectivity index (χ2n) is 4.54. The topological polar surface area (TPSA) is 158 Å². The summed E-state index contributed by atoms with van der Waals surface area (Å²) in [4.78, 5) is 20.1. The van der Waals surface area contributed by atoms with E-state index in [-0.39, 0.29) is 23.3 Å². The van der Waals surface area contributed by atoms with Gasteiger partial charge in [0.1, 0.15) is 5.69 Å². The molecule has 1 aliphatic heterocycles. The molecule has 1 heterocycles. The van der Waals surface area contributed by atoms with Gasteiger partial charge in [-0.25, -0.2) is 4.99 Å². The fourth-order valence-corrected chi connectivity index (χ4v) is 2.05.